The number of aryl methyl sites for hydroxylation is 2. The summed E-state index contributed by atoms with van der Waals surface area (Å²) < 4.78 is 2.73. The van der Waals surface area contributed by atoms with Gasteiger partial charge in [-0.25, -0.2) is 0 Å². The number of nitrogen functional groups attached to an aromatic ring is 1. The highest BCUT2D eigenvalue weighted by molar-refractivity contribution is 7.23. The number of nitrogens with one attached hydrogen (secondary N) is 1. The molecule has 1 fully saturated rings. The molecule has 1 aliphatic rings. The highest BCUT2D eigenvalue weighted by Gasteiger charge is 2.24. The van der Waals surface area contributed by atoms with Crippen LogP contribution in [-0.2, 0) is 13.5 Å². The molecule has 1 aliphatic heterocycles. The minimum atomic E-state index is -0.258. The molecule has 29 heavy (non-hydrogen) atoms. The fourth-order valence-corrected chi connectivity index (χ4v) is 4.85. The third-order valence-electron chi connectivity index (χ3n) is 5.48. The van der Waals surface area contributed by atoms with E-state index >= 15 is 0 Å². The van der Waals surface area contributed by atoms with Crippen molar-refractivity contribution in [3.05, 3.63) is 29.6 Å². The highest BCUT2D eigenvalue weighted by atomic mass is 32.1. The van der Waals surface area contributed by atoms with E-state index < -0.39 is 0 Å². The van der Waals surface area contributed by atoms with E-state index in [0.717, 1.165) is 54.9 Å². The molecule has 0 unspecified atom stereocenters. The predicted molar refractivity (Wildman–Crippen MR) is 119 cm³/mol. The molecule has 0 radical (unpaired) electrons. The molecule has 3 aromatic rings. The number of thiophene rings is 1. The zero-order valence-corrected chi connectivity index (χ0v) is 17.6. The van der Waals surface area contributed by atoms with E-state index in [1.54, 1.807) is 17.1 Å². The van der Waals surface area contributed by atoms with Crippen LogP contribution in [0.4, 0.5) is 16.5 Å². The van der Waals surface area contributed by atoms with E-state index in [-0.39, 0.29) is 11.9 Å². The Morgan fingerprint density at radius 1 is 1.34 bits per heavy atom. The number of nitrogens with zero attached hydrogens (tertiary/aromatic N) is 4. The molecule has 0 saturated carbocycles. The molecule has 1 saturated heterocycles. The molecule has 1 amide bonds. The predicted octanol–water partition coefficient (Wildman–Crippen LogP) is 2.74. The van der Waals surface area contributed by atoms with Crippen LogP contribution in [0.5, 0.6) is 0 Å². The number of nitrogens with two attached hydrogens (primary N) is 2. The van der Waals surface area contributed by atoms with Gasteiger partial charge in [0.2, 0.25) is 0 Å². The number of amides is 1. The number of rotatable bonds is 4. The van der Waals surface area contributed by atoms with Gasteiger partial charge in [0, 0.05) is 32.4 Å². The van der Waals surface area contributed by atoms with Crippen LogP contribution in [0.1, 0.15) is 42.1 Å². The number of fused-ring (bicyclic) bond motifs is 1. The van der Waals surface area contributed by atoms with Gasteiger partial charge in [-0.1, -0.05) is 6.92 Å². The molecular formula is C20H27N7OS. The van der Waals surface area contributed by atoms with Crippen molar-refractivity contribution in [1.82, 2.24) is 14.8 Å². The Morgan fingerprint density at radius 2 is 2.17 bits per heavy atom. The molecule has 4 heterocycles. The Balaban J connectivity index is 1.63. The summed E-state index contributed by atoms with van der Waals surface area (Å²) in [4.78, 5) is 19.9. The Kier molecular flexibility index (Phi) is 5.42. The Morgan fingerprint density at radius 3 is 2.97 bits per heavy atom. The quantitative estimate of drug-likeness (QED) is 0.606. The van der Waals surface area contributed by atoms with Gasteiger partial charge in [0.15, 0.2) is 5.82 Å². The molecule has 8 nitrogen and oxygen atoms in total. The second kappa shape index (κ2) is 8.00. The Hall–Kier alpha value is -2.65. The number of hydrogen-bond donors (Lipinski definition) is 3. The molecule has 0 aromatic carbocycles. The summed E-state index contributed by atoms with van der Waals surface area (Å²) in [7, 11) is 1.89. The van der Waals surface area contributed by atoms with Crippen molar-refractivity contribution in [2.75, 3.05) is 29.0 Å². The number of hydrogen-bond acceptors (Lipinski definition) is 7. The van der Waals surface area contributed by atoms with E-state index in [1.807, 2.05) is 7.05 Å². The van der Waals surface area contributed by atoms with Gasteiger partial charge < -0.3 is 21.7 Å². The normalized spacial score (nSPS) is 17.5. The van der Waals surface area contributed by atoms with Crippen LogP contribution in [0.3, 0.4) is 0 Å². The standard InChI is InChI=1S/C20H27N7OS/c1-3-12-9-15-17(23-10-12)16(18(22)29-15)19(28)25-14-11-24-26(2)20(14)27-7-4-5-13(21)6-8-27/h9-11,13H,3-8,21-22H2,1-2H3,(H,25,28)/t13-/m0/s1. The smallest absolute Gasteiger partial charge is 0.261 e. The molecule has 5 N–H and O–H groups in total. The molecule has 9 heteroatoms. The van der Waals surface area contributed by atoms with Crippen LogP contribution >= 0.6 is 11.3 Å². The van der Waals surface area contributed by atoms with Gasteiger partial charge in [-0.05, 0) is 37.3 Å². The molecule has 0 aliphatic carbocycles. The number of aromatic nitrogens is 3. The number of anilines is 3. The first-order chi connectivity index (χ1) is 14.0. The van der Waals surface area contributed by atoms with E-state index in [0.29, 0.717) is 21.8 Å². The van der Waals surface area contributed by atoms with Gasteiger partial charge in [-0.15, -0.1) is 11.3 Å². The van der Waals surface area contributed by atoms with E-state index in [1.165, 1.54) is 11.3 Å². The minimum Gasteiger partial charge on any atom is -0.390 e. The molecule has 154 valence electrons. The van der Waals surface area contributed by atoms with E-state index in [4.69, 9.17) is 11.5 Å². The van der Waals surface area contributed by atoms with Crippen LogP contribution in [-0.4, -0.2) is 39.8 Å². The summed E-state index contributed by atoms with van der Waals surface area (Å²) in [6, 6.07) is 2.28. The maximum Gasteiger partial charge on any atom is 0.261 e. The fourth-order valence-electron chi connectivity index (χ4n) is 3.86. The maximum absolute atomic E-state index is 13.1. The monoisotopic (exact) mass is 413 g/mol. The lowest BCUT2D eigenvalue weighted by atomic mass is 10.1. The van der Waals surface area contributed by atoms with Gasteiger partial charge in [0.25, 0.3) is 5.91 Å². The topological polar surface area (TPSA) is 115 Å². The first-order valence-electron chi connectivity index (χ1n) is 9.98. The van der Waals surface area contributed by atoms with E-state index in [2.05, 4.69) is 33.3 Å². The molecule has 0 spiro atoms. The van der Waals surface area contributed by atoms with Gasteiger partial charge in [0.1, 0.15) is 16.3 Å². The number of carbonyl (C=O) groups excluding carboxylic acids is 1. The van der Waals surface area contributed by atoms with Crippen molar-refractivity contribution < 1.29 is 4.79 Å². The molecule has 4 rings (SSSR count). The second-order valence-corrected chi connectivity index (χ2v) is 8.61. The van der Waals surface area contributed by atoms with Crippen molar-refractivity contribution >= 4 is 44.0 Å². The average Bonchev–Trinajstić information content (AvgIpc) is 3.13. The molecule has 0 bridgehead atoms. The zero-order valence-electron chi connectivity index (χ0n) is 16.8. The summed E-state index contributed by atoms with van der Waals surface area (Å²) in [6.07, 6.45) is 7.34. The van der Waals surface area contributed by atoms with Gasteiger partial charge >= 0.3 is 0 Å². The van der Waals surface area contributed by atoms with Crippen molar-refractivity contribution in [2.45, 2.75) is 38.6 Å². The Bertz CT molecular complexity index is 1040. The van der Waals surface area contributed by atoms with Crippen LogP contribution in [0.2, 0.25) is 0 Å². The van der Waals surface area contributed by atoms with Gasteiger partial charge in [0.05, 0.1) is 16.4 Å². The lowest BCUT2D eigenvalue weighted by molar-refractivity contribution is 0.102. The van der Waals surface area contributed by atoms with Crippen LogP contribution < -0.4 is 21.7 Å². The summed E-state index contributed by atoms with van der Waals surface area (Å²) in [5, 5.41) is 7.86. The fraction of sp³-hybridized carbons (Fsp3) is 0.450. The average molecular weight is 414 g/mol. The van der Waals surface area contributed by atoms with Crippen molar-refractivity contribution in [1.29, 1.82) is 0 Å². The van der Waals surface area contributed by atoms with Crippen molar-refractivity contribution in [3.63, 3.8) is 0 Å². The Labute approximate surface area is 173 Å². The lowest BCUT2D eigenvalue weighted by Gasteiger charge is -2.24. The molecule has 1 atom stereocenters. The third kappa shape index (κ3) is 3.79. The minimum absolute atomic E-state index is 0.224. The summed E-state index contributed by atoms with van der Waals surface area (Å²) in [6.45, 7) is 3.81. The van der Waals surface area contributed by atoms with Crippen molar-refractivity contribution in [3.8, 4) is 0 Å². The first kappa shape index (κ1) is 19.7. The van der Waals surface area contributed by atoms with Gasteiger partial charge in [-0.2, -0.15) is 5.10 Å². The van der Waals surface area contributed by atoms with Crippen LogP contribution in [0.15, 0.2) is 18.5 Å². The van der Waals surface area contributed by atoms with Crippen LogP contribution in [0, 0.1) is 0 Å². The number of carbonyl (C=O) groups is 1. The maximum atomic E-state index is 13.1. The summed E-state index contributed by atoms with van der Waals surface area (Å²) >= 11 is 1.40. The molecular weight excluding hydrogens is 386 g/mol. The molecule has 3 aromatic heterocycles. The summed E-state index contributed by atoms with van der Waals surface area (Å²) in [5.41, 5.74) is 15.2. The first-order valence-corrected chi connectivity index (χ1v) is 10.8. The second-order valence-electron chi connectivity index (χ2n) is 7.52. The zero-order chi connectivity index (χ0) is 20.5. The van der Waals surface area contributed by atoms with Gasteiger partial charge in [-0.3, -0.25) is 14.5 Å². The van der Waals surface area contributed by atoms with E-state index in [9.17, 15) is 4.79 Å². The lowest BCUT2D eigenvalue weighted by Crippen LogP contribution is -2.29. The number of pyridine rings is 1. The summed E-state index contributed by atoms with van der Waals surface area (Å²) in [5.74, 6) is 0.637. The highest BCUT2D eigenvalue weighted by Crippen LogP contribution is 2.34. The van der Waals surface area contributed by atoms with Crippen molar-refractivity contribution in [2.24, 2.45) is 12.8 Å². The largest absolute Gasteiger partial charge is 0.390 e. The SMILES string of the molecule is CCc1cnc2c(C(=O)Nc3cnn(C)c3N3CCC[C@H](N)CC3)c(N)sc2c1. The third-order valence-corrected chi connectivity index (χ3v) is 6.43. The van der Waals surface area contributed by atoms with Crippen LogP contribution in [0.25, 0.3) is 10.2 Å².